The van der Waals surface area contributed by atoms with Crippen LogP contribution in [0.4, 0.5) is 0 Å². The number of carboxylic acids is 1. The molecule has 0 aliphatic heterocycles. The number of thiophene rings is 1. The number of carboxylic acid groups (broad SMARTS) is 1. The normalized spacial score (nSPS) is 14.0. The predicted molar refractivity (Wildman–Crippen MR) is 146 cm³/mol. The molecule has 7 heteroatoms. The van der Waals surface area contributed by atoms with E-state index >= 15 is 0 Å². The van der Waals surface area contributed by atoms with Crippen molar-refractivity contribution in [2.75, 3.05) is 6.61 Å². The molecule has 0 radical (unpaired) electrons. The van der Waals surface area contributed by atoms with Gasteiger partial charge >= 0.3 is 5.97 Å². The minimum atomic E-state index is -1.03. The summed E-state index contributed by atoms with van der Waals surface area (Å²) in [5.41, 5.74) is 2.44. The number of aliphatic hydroxyl groups excluding tert-OH is 1. The van der Waals surface area contributed by atoms with Crippen LogP contribution in [-0.4, -0.2) is 40.8 Å². The number of hydrogen-bond donors (Lipinski definition) is 3. The zero-order valence-corrected chi connectivity index (χ0v) is 24.0. The molecule has 1 aromatic heterocycles. The largest absolute Gasteiger partial charge is 0.491 e. The number of aliphatic hydroxyl groups is 1. The number of benzene rings is 1. The summed E-state index contributed by atoms with van der Waals surface area (Å²) in [5.74, 6) is -0.843. The Morgan fingerprint density at radius 1 is 1.06 bits per heavy atom. The summed E-state index contributed by atoms with van der Waals surface area (Å²) in [6.45, 7) is 17.9. The van der Waals surface area contributed by atoms with Gasteiger partial charge in [0, 0.05) is 10.3 Å². The third-order valence-electron chi connectivity index (χ3n) is 7.15. The molecular formula is C29H43NO5S. The van der Waals surface area contributed by atoms with Gasteiger partial charge in [-0.25, -0.2) is 4.79 Å². The van der Waals surface area contributed by atoms with Crippen molar-refractivity contribution in [1.82, 2.24) is 5.32 Å². The molecular weight excluding hydrogens is 474 g/mol. The second-order valence-corrected chi connectivity index (χ2v) is 12.2. The topological polar surface area (TPSA) is 95.9 Å². The van der Waals surface area contributed by atoms with Crippen LogP contribution in [0.2, 0.25) is 0 Å². The molecule has 36 heavy (non-hydrogen) atoms. The van der Waals surface area contributed by atoms with Gasteiger partial charge in [-0.1, -0.05) is 60.6 Å². The zero-order valence-electron chi connectivity index (χ0n) is 23.2. The van der Waals surface area contributed by atoms with Crippen LogP contribution in [0.15, 0.2) is 24.3 Å². The highest BCUT2D eigenvalue weighted by Crippen LogP contribution is 2.44. The third kappa shape index (κ3) is 6.48. The Bertz CT molecular complexity index is 1060. The number of carbonyl (C=O) groups excluding carboxylic acids is 1. The van der Waals surface area contributed by atoms with Gasteiger partial charge in [0.05, 0.1) is 11.0 Å². The van der Waals surface area contributed by atoms with E-state index in [1.54, 1.807) is 13.8 Å². The van der Waals surface area contributed by atoms with E-state index in [0.29, 0.717) is 4.88 Å². The van der Waals surface area contributed by atoms with E-state index in [4.69, 9.17) is 4.74 Å². The van der Waals surface area contributed by atoms with Crippen molar-refractivity contribution in [2.45, 2.75) is 92.7 Å². The quantitative estimate of drug-likeness (QED) is 0.335. The second kappa shape index (κ2) is 11.8. The molecule has 0 fully saturated rings. The average molecular weight is 518 g/mol. The second-order valence-electron chi connectivity index (χ2n) is 11.1. The van der Waals surface area contributed by atoms with E-state index in [-0.39, 0.29) is 29.3 Å². The van der Waals surface area contributed by atoms with Crippen molar-refractivity contribution in [3.63, 3.8) is 0 Å². The fourth-order valence-corrected chi connectivity index (χ4v) is 5.77. The monoisotopic (exact) mass is 517 g/mol. The first kappa shape index (κ1) is 29.8. The average Bonchev–Trinajstić information content (AvgIpc) is 3.18. The van der Waals surface area contributed by atoms with Crippen LogP contribution in [-0.2, 0) is 10.2 Å². The van der Waals surface area contributed by atoms with E-state index in [9.17, 15) is 19.8 Å². The van der Waals surface area contributed by atoms with E-state index in [1.165, 1.54) is 11.3 Å². The fraction of sp³-hybridized carbons (Fsp3) is 0.586. The first-order valence-corrected chi connectivity index (χ1v) is 13.6. The van der Waals surface area contributed by atoms with E-state index in [0.717, 1.165) is 40.2 Å². The van der Waals surface area contributed by atoms with Gasteiger partial charge in [0.25, 0.3) is 5.91 Å². The van der Waals surface area contributed by atoms with E-state index in [2.05, 4.69) is 37.4 Å². The van der Waals surface area contributed by atoms with E-state index in [1.807, 2.05) is 40.7 Å². The van der Waals surface area contributed by atoms with Crippen LogP contribution >= 0.6 is 11.3 Å². The number of aryl methyl sites for hydroxylation is 2. The molecule has 0 spiro atoms. The molecule has 1 heterocycles. The summed E-state index contributed by atoms with van der Waals surface area (Å²) in [6, 6.07) is 7.31. The SMILES string of the molecule is CCC(CC)(c1ccc(OCC(O)C(C)(C)C)c(C)c1)c1cc(C)c(C(=O)NC(C(=O)O)C(C)C)s1. The molecule has 6 nitrogen and oxygen atoms in total. The fourth-order valence-electron chi connectivity index (χ4n) is 4.34. The molecule has 1 amide bonds. The predicted octanol–water partition coefficient (Wildman–Crippen LogP) is 6.10. The van der Waals surface area contributed by atoms with Gasteiger partial charge in [-0.3, -0.25) is 4.79 Å². The highest BCUT2D eigenvalue weighted by molar-refractivity contribution is 7.14. The molecule has 0 aliphatic rings. The summed E-state index contributed by atoms with van der Waals surface area (Å²) < 4.78 is 5.95. The molecule has 0 saturated carbocycles. The first-order chi connectivity index (χ1) is 16.7. The van der Waals surface area contributed by atoms with Crippen molar-refractivity contribution in [1.29, 1.82) is 0 Å². The third-order valence-corrected chi connectivity index (χ3v) is 8.59. The lowest BCUT2D eigenvalue weighted by Crippen LogP contribution is -2.44. The molecule has 2 unspecified atom stereocenters. The molecule has 0 saturated heterocycles. The Morgan fingerprint density at radius 2 is 1.67 bits per heavy atom. The summed E-state index contributed by atoms with van der Waals surface area (Å²) in [7, 11) is 0. The van der Waals surface area contributed by atoms with Gasteiger partial charge in [0.2, 0.25) is 0 Å². The number of amides is 1. The number of hydrogen-bond acceptors (Lipinski definition) is 5. The van der Waals surface area contributed by atoms with E-state index < -0.39 is 18.1 Å². The molecule has 2 atom stereocenters. The summed E-state index contributed by atoms with van der Waals surface area (Å²) in [5, 5.41) is 22.5. The highest BCUT2D eigenvalue weighted by Gasteiger charge is 2.35. The Hall–Kier alpha value is -2.38. The highest BCUT2D eigenvalue weighted by atomic mass is 32.1. The van der Waals surface area contributed by atoms with Crippen molar-refractivity contribution in [3.8, 4) is 5.75 Å². The Labute approximate surface area is 220 Å². The Balaban J connectivity index is 2.38. The lowest BCUT2D eigenvalue weighted by Gasteiger charge is -2.32. The number of carbonyl (C=O) groups is 2. The summed E-state index contributed by atoms with van der Waals surface area (Å²) in [6.07, 6.45) is 1.12. The number of aliphatic carboxylic acids is 1. The molecule has 2 rings (SSSR count). The number of ether oxygens (including phenoxy) is 1. The van der Waals surface area contributed by atoms with Gasteiger partial charge in [0.15, 0.2) is 0 Å². The maximum Gasteiger partial charge on any atom is 0.326 e. The Morgan fingerprint density at radius 3 is 2.14 bits per heavy atom. The molecule has 1 aromatic carbocycles. The maximum atomic E-state index is 13.0. The molecule has 200 valence electrons. The Kier molecular flexibility index (Phi) is 9.77. The number of nitrogens with one attached hydrogen (secondary N) is 1. The smallest absolute Gasteiger partial charge is 0.326 e. The van der Waals surface area contributed by atoms with Gasteiger partial charge in [-0.05, 0) is 66.8 Å². The summed E-state index contributed by atoms with van der Waals surface area (Å²) in [4.78, 5) is 26.3. The van der Waals surface area contributed by atoms with Crippen LogP contribution in [0.1, 0.15) is 92.5 Å². The van der Waals surface area contributed by atoms with Crippen LogP contribution in [0.5, 0.6) is 5.75 Å². The molecule has 2 aromatic rings. The summed E-state index contributed by atoms with van der Waals surface area (Å²) >= 11 is 1.44. The minimum absolute atomic E-state index is 0.218. The van der Waals surface area contributed by atoms with Gasteiger partial charge in [-0.15, -0.1) is 11.3 Å². The lowest BCUT2D eigenvalue weighted by molar-refractivity contribution is -0.140. The van der Waals surface area contributed by atoms with Crippen molar-refractivity contribution >= 4 is 23.2 Å². The molecule has 0 bridgehead atoms. The van der Waals surface area contributed by atoms with Crippen molar-refractivity contribution in [2.24, 2.45) is 11.3 Å². The first-order valence-electron chi connectivity index (χ1n) is 12.7. The van der Waals surface area contributed by atoms with Crippen LogP contribution in [0.25, 0.3) is 0 Å². The zero-order chi connectivity index (χ0) is 27.4. The molecule has 3 N–H and O–H groups in total. The minimum Gasteiger partial charge on any atom is -0.491 e. The van der Waals surface area contributed by atoms with Gasteiger partial charge in [-0.2, -0.15) is 0 Å². The van der Waals surface area contributed by atoms with Crippen LogP contribution < -0.4 is 10.1 Å². The van der Waals surface area contributed by atoms with Crippen molar-refractivity contribution < 1.29 is 24.5 Å². The van der Waals surface area contributed by atoms with Crippen molar-refractivity contribution in [3.05, 3.63) is 50.7 Å². The van der Waals surface area contributed by atoms with Crippen LogP contribution in [0.3, 0.4) is 0 Å². The molecule has 0 aliphatic carbocycles. The van der Waals surface area contributed by atoms with Crippen LogP contribution in [0, 0.1) is 25.2 Å². The standard InChI is InChI=1S/C29H43NO5S/c1-10-29(11-2,20-12-13-21(18(5)14-20)35-16-22(31)28(7,8)9)23-15-19(6)25(36-23)26(32)30-24(17(3)4)27(33)34/h12-15,17,22,24,31H,10-11,16H2,1-9H3,(H,30,32)(H,33,34). The van der Waals surface area contributed by atoms with Gasteiger partial charge < -0.3 is 20.3 Å². The number of rotatable bonds is 11. The maximum absolute atomic E-state index is 13.0. The van der Waals surface area contributed by atoms with Gasteiger partial charge in [0.1, 0.15) is 18.4 Å². The lowest BCUT2D eigenvalue weighted by atomic mass is 9.74.